The number of nitrogens with two attached hydrogens (primary N) is 1. The maximum atomic E-state index is 5.30. The molecule has 0 saturated heterocycles. The van der Waals surface area contributed by atoms with Gasteiger partial charge in [-0.15, -0.1) is 0 Å². The Morgan fingerprint density at radius 2 is 2.19 bits per heavy atom. The fraction of sp³-hybridized carbons (Fsp3) is 0.600. The van der Waals surface area contributed by atoms with Crippen molar-refractivity contribution in [3.05, 3.63) is 12.4 Å². The Bertz CT molecular complexity index is 346. The molecule has 6 heteroatoms. The summed E-state index contributed by atoms with van der Waals surface area (Å²) in [6.07, 6.45) is 7.38. The lowest BCUT2D eigenvalue weighted by atomic mass is 10.2. The van der Waals surface area contributed by atoms with Gasteiger partial charge < -0.3 is 10.7 Å². The second-order valence-corrected chi connectivity index (χ2v) is 5.08. The van der Waals surface area contributed by atoms with Gasteiger partial charge in [0.15, 0.2) is 0 Å². The van der Waals surface area contributed by atoms with Gasteiger partial charge in [-0.2, -0.15) is 11.8 Å². The predicted octanol–water partition coefficient (Wildman–Crippen LogP) is 1.46. The fourth-order valence-electron chi connectivity index (χ4n) is 2.01. The van der Waals surface area contributed by atoms with Crippen molar-refractivity contribution in [3.8, 4) is 0 Å². The molecule has 0 bridgehead atoms. The van der Waals surface area contributed by atoms with E-state index in [4.69, 9.17) is 5.84 Å². The SMILES string of the molecule is CSC1CCC(Nc2cc(NN)ncn2)C1. The normalized spacial score (nSPS) is 24.4. The van der Waals surface area contributed by atoms with E-state index in [9.17, 15) is 0 Å². The third kappa shape index (κ3) is 2.76. The maximum absolute atomic E-state index is 5.30. The van der Waals surface area contributed by atoms with Crippen LogP contribution in [0, 0.1) is 0 Å². The molecule has 4 N–H and O–H groups in total. The molecule has 0 radical (unpaired) electrons. The molecule has 1 fully saturated rings. The first-order valence-electron chi connectivity index (χ1n) is 5.40. The molecule has 0 spiro atoms. The molecule has 2 atom stereocenters. The van der Waals surface area contributed by atoms with Crippen molar-refractivity contribution < 1.29 is 0 Å². The van der Waals surface area contributed by atoms with Gasteiger partial charge in [0.1, 0.15) is 18.0 Å². The van der Waals surface area contributed by atoms with Crippen LogP contribution in [0.25, 0.3) is 0 Å². The van der Waals surface area contributed by atoms with Crippen LogP contribution in [0.5, 0.6) is 0 Å². The molecule has 1 heterocycles. The van der Waals surface area contributed by atoms with Gasteiger partial charge in [-0.3, -0.25) is 0 Å². The summed E-state index contributed by atoms with van der Waals surface area (Å²) in [6, 6.07) is 2.35. The number of aromatic nitrogens is 2. The Balaban J connectivity index is 1.94. The summed E-state index contributed by atoms with van der Waals surface area (Å²) in [5, 5.41) is 4.20. The van der Waals surface area contributed by atoms with E-state index in [0.29, 0.717) is 11.9 Å². The standard InChI is InChI=1S/C10H17N5S/c1-16-8-3-2-7(4-8)14-9-5-10(15-11)13-6-12-9/h5-8H,2-4,11H2,1H3,(H2,12,13,14,15). The zero-order chi connectivity index (χ0) is 11.4. The van der Waals surface area contributed by atoms with Crippen molar-refractivity contribution in [1.82, 2.24) is 9.97 Å². The highest BCUT2D eigenvalue weighted by Gasteiger charge is 2.23. The number of rotatable bonds is 4. The van der Waals surface area contributed by atoms with Crippen LogP contribution in [-0.4, -0.2) is 27.5 Å². The minimum Gasteiger partial charge on any atom is -0.367 e. The van der Waals surface area contributed by atoms with Gasteiger partial charge in [0, 0.05) is 17.4 Å². The molecule has 1 aromatic heterocycles. The number of hydrogen-bond acceptors (Lipinski definition) is 6. The number of nitrogens with one attached hydrogen (secondary N) is 2. The fourth-order valence-corrected chi connectivity index (χ4v) is 2.81. The molecule has 16 heavy (non-hydrogen) atoms. The molecule has 2 unspecified atom stereocenters. The predicted molar refractivity (Wildman–Crippen MR) is 68.4 cm³/mol. The van der Waals surface area contributed by atoms with E-state index < -0.39 is 0 Å². The van der Waals surface area contributed by atoms with Gasteiger partial charge in [0.2, 0.25) is 0 Å². The van der Waals surface area contributed by atoms with Gasteiger partial charge in [-0.05, 0) is 25.5 Å². The van der Waals surface area contributed by atoms with Crippen LogP contribution in [0.1, 0.15) is 19.3 Å². The third-order valence-corrected chi connectivity index (χ3v) is 3.98. The molecule has 88 valence electrons. The van der Waals surface area contributed by atoms with E-state index in [2.05, 4.69) is 27.0 Å². The summed E-state index contributed by atoms with van der Waals surface area (Å²) < 4.78 is 0. The molecule has 1 aliphatic carbocycles. The van der Waals surface area contributed by atoms with Crippen LogP contribution in [0.2, 0.25) is 0 Å². The lowest BCUT2D eigenvalue weighted by molar-refractivity contribution is 0.751. The average Bonchev–Trinajstić information content (AvgIpc) is 2.77. The number of hydrazine groups is 1. The van der Waals surface area contributed by atoms with E-state index in [1.165, 1.54) is 25.6 Å². The first-order valence-corrected chi connectivity index (χ1v) is 6.68. The number of anilines is 2. The molecule has 5 nitrogen and oxygen atoms in total. The summed E-state index contributed by atoms with van der Waals surface area (Å²) in [5.74, 6) is 6.78. The highest BCUT2D eigenvalue weighted by atomic mass is 32.2. The Kier molecular flexibility index (Phi) is 3.84. The zero-order valence-corrected chi connectivity index (χ0v) is 10.1. The van der Waals surface area contributed by atoms with Crippen LogP contribution in [-0.2, 0) is 0 Å². The average molecular weight is 239 g/mol. The van der Waals surface area contributed by atoms with Crippen LogP contribution in [0.3, 0.4) is 0 Å². The summed E-state index contributed by atoms with van der Waals surface area (Å²) in [5.41, 5.74) is 2.52. The molecule has 1 saturated carbocycles. The van der Waals surface area contributed by atoms with Crippen LogP contribution in [0.15, 0.2) is 12.4 Å². The minimum absolute atomic E-state index is 0.526. The van der Waals surface area contributed by atoms with Crippen LogP contribution >= 0.6 is 11.8 Å². The highest BCUT2D eigenvalue weighted by Crippen LogP contribution is 2.29. The van der Waals surface area contributed by atoms with Gasteiger partial charge in [0.25, 0.3) is 0 Å². The van der Waals surface area contributed by atoms with Gasteiger partial charge in [-0.1, -0.05) is 0 Å². The lowest BCUT2D eigenvalue weighted by Gasteiger charge is -2.13. The van der Waals surface area contributed by atoms with Gasteiger partial charge in [-0.25, -0.2) is 15.8 Å². The smallest absolute Gasteiger partial charge is 0.145 e. The first kappa shape index (κ1) is 11.5. The van der Waals surface area contributed by atoms with E-state index in [1.807, 2.05) is 17.8 Å². The summed E-state index contributed by atoms with van der Waals surface area (Å²) in [4.78, 5) is 8.15. The van der Waals surface area contributed by atoms with Gasteiger partial charge >= 0.3 is 0 Å². The number of nitrogen functional groups attached to an aromatic ring is 1. The molecule has 0 aromatic carbocycles. The molecular weight excluding hydrogens is 222 g/mol. The zero-order valence-electron chi connectivity index (χ0n) is 9.31. The Morgan fingerprint density at radius 1 is 1.38 bits per heavy atom. The number of nitrogens with zero attached hydrogens (tertiary/aromatic N) is 2. The third-order valence-electron chi connectivity index (χ3n) is 2.88. The first-order chi connectivity index (χ1) is 7.81. The van der Waals surface area contributed by atoms with E-state index in [1.54, 1.807) is 0 Å². The van der Waals surface area contributed by atoms with E-state index >= 15 is 0 Å². The van der Waals surface area contributed by atoms with Crippen molar-refractivity contribution in [2.75, 3.05) is 17.0 Å². The topological polar surface area (TPSA) is 75.9 Å². The molecule has 0 aliphatic heterocycles. The van der Waals surface area contributed by atoms with Crippen molar-refractivity contribution in [3.63, 3.8) is 0 Å². The summed E-state index contributed by atoms with van der Waals surface area (Å²) >= 11 is 1.95. The lowest BCUT2D eigenvalue weighted by Crippen LogP contribution is -2.17. The summed E-state index contributed by atoms with van der Waals surface area (Å²) in [7, 11) is 0. The number of thioether (sulfide) groups is 1. The van der Waals surface area contributed by atoms with E-state index in [0.717, 1.165) is 11.1 Å². The molecular formula is C10H17N5S. The molecule has 0 amide bonds. The molecule has 2 rings (SSSR count). The molecule has 1 aromatic rings. The largest absolute Gasteiger partial charge is 0.367 e. The Morgan fingerprint density at radius 3 is 2.88 bits per heavy atom. The van der Waals surface area contributed by atoms with Crippen LogP contribution < -0.4 is 16.6 Å². The minimum atomic E-state index is 0.526. The quantitative estimate of drug-likeness (QED) is 0.545. The second-order valence-electron chi connectivity index (χ2n) is 3.94. The Labute approximate surface area is 99.6 Å². The number of hydrogen-bond donors (Lipinski definition) is 3. The van der Waals surface area contributed by atoms with Gasteiger partial charge in [0.05, 0.1) is 0 Å². The van der Waals surface area contributed by atoms with Crippen molar-refractivity contribution in [2.45, 2.75) is 30.6 Å². The highest BCUT2D eigenvalue weighted by molar-refractivity contribution is 7.99. The monoisotopic (exact) mass is 239 g/mol. The Hall–Kier alpha value is -1.01. The second kappa shape index (κ2) is 5.36. The summed E-state index contributed by atoms with van der Waals surface area (Å²) in [6.45, 7) is 0. The van der Waals surface area contributed by atoms with Crippen molar-refractivity contribution in [1.29, 1.82) is 0 Å². The van der Waals surface area contributed by atoms with Crippen molar-refractivity contribution >= 4 is 23.4 Å². The maximum Gasteiger partial charge on any atom is 0.145 e. The van der Waals surface area contributed by atoms with Crippen molar-refractivity contribution in [2.24, 2.45) is 5.84 Å². The van der Waals surface area contributed by atoms with Crippen LogP contribution in [0.4, 0.5) is 11.6 Å². The van der Waals surface area contributed by atoms with E-state index in [-0.39, 0.29) is 0 Å². The molecule has 1 aliphatic rings.